The molecule has 0 saturated carbocycles. The van der Waals surface area contributed by atoms with Gasteiger partial charge in [-0.1, -0.05) is 20.8 Å². The second-order valence-corrected chi connectivity index (χ2v) is 4.05. The molecule has 0 saturated heterocycles. The molecule has 1 aromatic heterocycles. The largest absolute Gasteiger partial charge is 0.476 e. The predicted molar refractivity (Wildman–Crippen MR) is 52.1 cm³/mol. The number of hydrogen-bond acceptors (Lipinski definition) is 4. The van der Waals surface area contributed by atoms with Crippen LogP contribution in [0.5, 0.6) is 0 Å². The molecule has 0 radical (unpaired) electrons. The summed E-state index contributed by atoms with van der Waals surface area (Å²) in [5.41, 5.74) is 5.10. The Morgan fingerprint density at radius 1 is 1.50 bits per heavy atom. The minimum atomic E-state index is -1.13. The lowest BCUT2D eigenvalue weighted by Crippen LogP contribution is -2.19. The van der Waals surface area contributed by atoms with Gasteiger partial charge in [-0.25, -0.2) is 14.8 Å². The van der Waals surface area contributed by atoms with Gasteiger partial charge in [-0.15, -0.1) is 0 Å². The number of nitrogens with zero attached hydrogens (tertiary/aromatic N) is 2. The molecule has 0 spiro atoms. The third-order valence-electron chi connectivity index (χ3n) is 1.69. The van der Waals surface area contributed by atoms with Crippen molar-refractivity contribution in [1.29, 1.82) is 0 Å². The maximum atomic E-state index is 10.7. The summed E-state index contributed by atoms with van der Waals surface area (Å²) < 4.78 is 0. The molecule has 0 bridgehead atoms. The minimum Gasteiger partial charge on any atom is -0.476 e. The summed E-state index contributed by atoms with van der Waals surface area (Å²) in [5.74, 6) is -0.653. The minimum absolute atomic E-state index is 0.0884. The Balaban J connectivity index is 3.27. The van der Waals surface area contributed by atoms with Gasteiger partial charge in [0.2, 0.25) is 0 Å². The van der Waals surface area contributed by atoms with Crippen molar-refractivity contribution in [2.75, 3.05) is 5.73 Å². The fraction of sp³-hybridized carbons (Fsp3) is 0.444. The van der Waals surface area contributed by atoms with Gasteiger partial charge in [0.05, 0.1) is 11.9 Å². The first kappa shape index (κ1) is 10.4. The lowest BCUT2D eigenvalue weighted by Gasteiger charge is -2.16. The molecule has 1 heterocycles. The second kappa shape index (κ2) is 3.25. The van der Waals surface area contributed by atoms with E-state index in [2.05, 4.69) is 9.97 Å². The van der Waals surface area contributed by atoms with Crippen molar-refractivity contribution in [2.45, 2.75) is 26.2 Å². The first-order chi connectivity index (χ1) is 6.32. The summed E-state index contributed by atoms with van der Waals surface area (Å²) in [4.78, 5) is 18.6. The van der Waals surface area contributed by atoms with Gasteiger partial charge in [0, 0.05) is 5.41 Å². The molecule has 0 fully saturated rings. The van der Waals surface area contributed by atoms with Gasteiger partial charge in [0.1, 0.15) is 5.82 Å². The fourth-order valence-electron chi connectivity index (χ4n) is 0.924. The van der Waals surface area contributed by atoms with E-state index in [9.17, 15) is 4.79 Å². The number of carboxylic acid groups (broad SMARTS) is 1. The average molecular weight is 195 g/mol. The Kier molecular flexibility index (Phi) is 2.42. The van der Waals surface area contributed by atoms with E-state index in [0.29, 0.717) is 5.82 Å². The predicted octanol–water partition coefficient (Wildman–Crippen LogP) is 1.05. The number of nitrogen functional groups attached to an aromatic ring is 1. The van der Waals surface area contributed by atoms with Gasteiger partial charge in [0.25, 0.3) is 0 Å². The smallest absolute Gasteiger partial charge is 0.356 e. The lowest BCUT2D eigenvalue weighted by atomic mass is 9.95. The van der Waals surface area contributed by atoms with Gasteiger partial charge in [-0.05, 0) is 0 Å². The van der Waals surface area contributed by atoms with Crippen LogP contribution in [-0.4, -0.2) is 21.0 Å². The Morgan fingerprint density at radius 2 is 2.07 bits per heavy atom. The van der Waals surface area contributed by atoms with Crippen LogP contribution in [0.25, 0.3) is 0 Å². The highest BCUT2D eigenvalue weighted by Crippen LogP contribution is 2.19. The summed E-state index contributed by atoms with van der Waals surface area (Å²) >= 11 is 0. The number of aromatic carboxylic acids is 1. The van der Waals surface area contributed by atoms with E-state index in [-0.39, 0.29) is 16.8 Å². The summed E-state index contributed by atoms with van der Waals surface area (Å²) in [6, 6.07) is 0. The molecule has 0 atom stereocenters. The zero-order chi connectivity index (χ0) is 10.9. The van der Waals surface area contributed by atoms with Crippen molar-refractivity contribution in [2.24, 2.45) is 0 Å². The van der Waals surface area contributed by atoms with Crippen LogP contribution in [-0.2, 0) is 5.41 Å². The van der Waals surface area contributed by atoms with Crippen LogP contribution >= 0.6 is 0 Å². The molecule has 3 N–H and O–H groups in total. The van der Waals surface area contributed by atoms with Crippen molar-refractivity contribution >= 4 is 11.7 Å². The molecule has 0 aromatic carbocycles. The topological polar surface area (TPSA) is 89.1 Å². The molecule has 0 aliphatic carbocycles. The zero-order valence-corrected chi connectivity index (χ0v) is 8.40. The van der Waals surface area contributed by atoms with E-state index in [0.717, 1.165) is 0 Å². The molecule has 5 nitrogen and oxygen atoms in total. The Bertz CT molecular complexity index is 369. The van der Waals surface area contributed by atoms with Crippen LogP contribution in [0.3, 0.4) is 0 Å². The van der Waals surface area contributed by atoms with Crippen LogP contribution in [0, 0.1) is 0 Å². The molecule has 14 heavy (non-hydrogen) atoms. The van der Waals surface area contributed by atoms with Crippen molar-refractivity contribution in [3.05, 3.63) is 17.7 Å². The molecule has 76 valence electrons. The molecule has 0 unspecified atom stereocenters. The van der Waals surface area contributed by atoms with Crippen molar-refractivity contribution in [3.63, 3.8) is 0 Å². The molecule has 0 amide bonds. The highest BCUT2D eigenvalue weighted by molar-refractivity contribution is 5.90. The van der Waals surface area contributed by atoms with Gasteiger partial charge >= 0.3 is 5.97 Å². The van der Waals surface area contributed by atoms with E-state index in [1.54, 1.807) is 0 Å². The molecule has 5 heteroatoms. The zero-order valence-electron chi connectivity index (χ0n) is 8.40. The standard InChI is InChI=1S/C9H13N3O2/c1-9(2,3)8-11-4-5(10)6(12-8)7(13)14/h4H,10H2,1-3H3,(H,13,14). The Morgan fingerprint density at radius 3 is 2.50 bits per heavy atom. The Hall–Kier alpha value is -1.65. The maximum absolute atomic E-state index is 10.7. The normalized spacial score (nSPS) is 11.4. The molecular formula is C9H13N3O2. The second-order valence-electron chi connectivity index (χ2n) is 4.05. The number of hydrogen-bond donors (Lipinski definition) is 2. The van der Waals surface area contributed by atoms with E-state index in [1.165, 1.54) is 6.20 Å². The Labute approximate surface area is 82.0 Å². The van der Waals surface area contributed by atoms with Crippen LogP contribution in [0.4, 0.5) is 5.69 Å². The first-order valence-corrected chi connectivity index (χ1v) is 4.18. The molecular weight excluding hydrogens is 182 g/mol. The van der Waals surface area contributed by atoms with E-state index in [4.69, 9.17) is 10.8 Å². The number of carbonyl (C=O) groups is 1. The third kappa shape index (κ3) is 1.99. The number of aromatic nitrogens is 2. The van der Waals surface area contributed by atoms with E-state index < -0.39 is 5.97 Å². The van der Waals surface area contributed by atoms with Gasteiger partial charge in [-0.3, -0.25) is 0 Å². The maximum Gasteiger partial charge on any atom is 0.356 e. The fourth-order valence-corrected chi connectivity index (χ4v) is 0.924. The quantitative estimate of drug-likeness (QED) is 0.699. The van der Waals surface area contributed by atoms with Crippen LogP contribution < -0.4 is 5.73 Å². The van der Waals surface area contributed by atoms with Crippen LogP contribution in [0.2, 0.25) is 0 Å². The summed E-state index contributed by atoms with van der Waals surface area (Å²) in [6.07, 6.45) is 1.33. The SMILES string of the molecule is CC(C)(C)c1ncc(N)c(C(=O)O)n1. The molecule has 1 aromatic rings. The molecule has 0 aliphatic heterocycles. The number of carboxylic acids is 1. The lowest BCUT2D eigenvalue weighted by molar-refractivity contribution is 0.0691. The van der Waals surface area contributed by atoms with Crippen molar-refractivity contribution in [1.82, 2.24) is 9.97 Å². The first-order valence-electron chi connectivity index (χ1n) is 4.18. The van der Waals surface area contributed by atoms with Crippen molar-refractivity contribution < 1.29 is 9.90 Å². The van der Waals surface area contributed by atoms with Gasteiger partial charge < -0.3 is 10.8 Å². The summed E-state index contributed by atoms with van der Waals surface area (Å²) in [7, 11) is 0. The van der Waals surface area contributed by atoms with Gasteiger partial charge in [0.15, 0.2) is 5.69 Å². The monoisotopic (exact) mass is 195 g/mol. The van der Waals surface area contributed by atoms with E-state index >= 15 is 0 Å². The number of rotatable bonds is 1. The van der Waals surface area contributed by atoms with Gasteiger partial charge in [-0.2, -0.15) is 0 Å². The third-order valence-corrected chi connectivity index (χ3v) is 1.69. The number of anilines is 1. The highest BCUT2D eigenvalue weighted by Gasteiger charge is 2.20. The highest BCUT2D eigenvalue weighted by atomic mass is 16.4. The summed E-state index contributed by atoms with van der Waals surface area (Å²) in [6.45, 7) is 5.72. The molecule has 1 rings (SSSR count). The van der Waals surface area contributed by atoms with Crippen LogP contribution in [0.15, 0.2) is 6.20 Å². The molecule has 0 aliphatic rings. The van der Waals surface area contributed by atoms with Crippen molar-refractivity contribution in [3.8, 4) is 0 Å². The van der Waals surface area contributed by atoms with E-state index in [1.807, 2.05) is 20.8 Å². The summed E-state index contributed by atoms with van der Waals surface area (Å²) in [5, 5.41) is 8.79. The average Bonchev–Trinajstić information content (AvgIpc) is 2.02. The number of nitrogens with two attached hydrogens (primary N) is 1. The van der Waals surface area contributed by atoms with Crippen LogP contribution in [0.1, 0.15) is 37.1 Å².